The summed E-state index contributed by atoms with van der Waals surface area (Å²) in [6, 6.07) is 0. The van der Waals surface area contributed by atoms with E-state index in [1.807, 2.05) is 0 Å². The van der Waals surface area contributed by atoms with E-state index in [1.54, 1.807) is 5.57 Å². The first-order chi connectivity index (χ1) is 18.0. The van der Waals surface area contributed by atoms with Crippen LogP contribution in [0.25, 0.3) is 0 Å². The molecule has 3 fully saturated rings. The minimum absolute atomic E-state index is 0.179. The minimum Gasteiger partial charge on any atom is -0.390 e. The summed E-state index contributed by atoms with van der Waals surface area (Å²) < 4.78 is 12.8. The Bertz CT molecular complexity index is 888. The van der Waals surface area contributed by atoms with E-state index in [-0.39, 0.29) is 18.5 Å². The molecule has 5 unspecified atom stereocenters. The van der Waals surface area contributed by atoms with E-state index in [0.29, 0.717) is 22.7 Å². The van der Waals surface area contributed by atoms with Crippen LogP contribution < -0.4 is 0 Å². The third kappa shape index (κ3) is 5.23. The first kappa shape index (κ1) is 28.9. The first-order valence-electron chi connectivity index (χ1n) is 16.4. The molecule has 11 atom stereocenters. The van der Waals surface area contributed by atoms with Crippen LogP contribution in [-0.2, 0) is 9.47 Å². The first-order valence-corrected chi connectivity index (χ1v) is 16.4. The van der Waals surface area contributed by atoms with Crippen molar-refractivity contribution in [1.29, 1.82) is 0 Å². The van der Waals surface area contributed by atoms with Crippen molar-refractivity contribution < 1.29 is 14.6 Å². The third-order valence-corrected chi connectivity index (χ3v) is 12.5. The van der Waals surface area contributed by atoms with Crippen LogP contribution >= 0.6 is 0 Å². The molecule has 0 amide bonds. The lowest BCUT2D eigenvalue weighted by Crippen LogP contribution is -2.53. The zero-order valence-corrected chi connectivity index (χ0v) is 25.7. The number of allylic oxidation sites excluding steroid dienone is 1. The quantitative estimate of drug-likeness (QED) is 0.321. The summed E-state index contributed by atoms with van der Waals surface area (Å²) in [6.07, 6.45) is 21.7. The van der Waals surface area contributed by atoms with Crippen LogP contribution in [0.2, 0.25) is 0 Å². The highest BCUT2D eigenvalue weighted by atomic mass is 16.7. The van der Waals surface area contributed by atoms with E-state index in [2.05, 4.69) is 66.7 Å². The van der Waals surface area contributed by atoms with E-state index in [9.17, 15) is 5.11 Å². The van der Waals surface area contributed by atoms with Crippen molar-refractivity contribution in [2.45, 2.75) is 150 Å². The fraction of sp³-hybridized carbons (Fsp3) is 0.886. The van der Waals surface area contributed by atoms with Crippen molar-refractivity contribution in [3.63, 3.8) is 0 Å². The molecule has 1 aliphatic heterocycles. The van der Waals surface area contributed by atoms with Crippen molar-refractivity contribution in [1.82, 2.24) is 0 Å². The van der Waals surface area contributed by atoms with E-state index >= 15 is 0 Å². The van der Waals surface area contributed by atoms with Gasteiger partial charge in [-0.15, -0.1) is 0 Å². The van der Waals surface area contributed by atoms with Gasteiger partial charge < -0.3 is 14.6 Å². The number of fused-ring (bicyclic) bond motifs is 5. The molecular formula is C35H58O3. The zero-order chi connectivity index (χ0) is 27.3. The molecule has 3 heteroatoms. The van der Waals surface area contributed by atoms with E-state index in [0.717, 1.165) is 55.8 Å². The van der Waals surface area contributed by atoms with E-state index < -0.39 is 5.60 Å². The third-order valence-electron chi connectivity index (χ3n) is 12.5. The van der Waals surface area contributed by atoms with Gasteiger partial charge in [0.2, 0.25) is 0 Å². The Morgan fingerprint density at radius 3 is 2.63 bits per heavy atom. The maximum absolute atomic E-state index is 11.7. The van der Waals surface area contributed by atoms with Crippen LogP contribution in [-0.4, -0.2) is 29.2 Å². The van der Waals surface area contributed by atoms with Crippen LogP contribution in [0.3, 0.4) is 0 Å². The van der Waals surface area contributed by atoms with Crippen LogP contribution in [0.5, 0.6) is 0 Å². The summed E-state index contributed by atoms with van der Waals surface area (Å²) >= 11 is 0. The predicted molar refractivity (Wildman–Crippen MR) is 157 cm³/mol. The van der Waals surface area contributed by atoms with Gasteiger partial charge in [-0.25, -0.2) is 0 Å². The maximum Gasteiger partial charge on any atom is 0.177 e. The second kappa shape index (κ2) is 11.0. The van der Waals surface area contributed by atoms with Gasteiger partial charge in [0.15, 0.2) is 6.29 Å². The highest BCUT2D eigenvalue weighted by Gasteiger charge is 2.61. The largest absolute Gasteiger partial charge is 0.390 e. The van der Waals surface area contributed by atoms with Crippen molar-refractivity contribution in [2.24, 2.45) is 46.3 Å². The fourth-order valence-electron chi connectivity index (χ4n) is 10.3. The lowest BCUT2D eigenvalue weighted by molar-refractivity contribution is -0.188. The molecule has 0 aromatic rings. The Kier molecular flexibility index (Phi) is 8.34. The summed E-state index contributed by atoms with van der Waals surface area (Å²) in [5, 5.41) is 11.7. The van der Waals surface area contributed by atoms with E-state index in [4.69, 9.17) is 9.47 Å². The molecule has 4 aliphatic carbocycles. The van der Waals surface area contributed by atoms with Crippen LogP contribution in [0.1, 0.15) is 126 Å². The molecule has 38 heavy (non-hydrogen) atoms. The van der Waals surface area contributed by atoms with Crippen LogP contribution in [0.15, 0.2) is 23.8 Å². The number of aliphatic hydroxyl groups is 1. The fourth-order valence-corrected chi connectivity index (χ4v) is 10.3. The standard InChI is InChI=1S/C35H58O3/c1-8-30-24(4)11-16-32(38-30)37-26-17-20-33(5)25(22-26)12-13-27-28-14-15-31(34(28,6)21-18-29(27)33)35(7,36)19-9-10-23(2)3/h11-12,16,23-24,26-32,36H,8-10,13-15,17-22H2,1-7H3/t24-,26?,27?,28?,29?,30+,31-,32?,33-,34-,35-/m0/s1. The Balaban J connectivity index is 1.25. The highest BCUT2D eigenvalue weighted by Crippen LogP contribution is 2.67. The Hall–Kier alpha value is -0.640. The second-order valence-electron chi connectivity index (χ2n) is 15.3. The highest BCUT2D eigenvalue weighted by molar-refractivity contribution is 5.26. The molecule has 0 aromatic heterocycles. The normalized spacial score (nSPS) is 46.2. The molecular weight excluding hydrogens is 468 g/mol. The molecule has 216 valence electrons. The molecule has 5 aliphatic rings. The van der Waals surface area contributed by atoms with Gasteiger partial charge in [-0.3, -0.25) is 0 Å². The molecule has 5 rings (SSSR count). The average molecular weight is 527 g/mol. The summed E-state index contributed by atoms with van der Waals surface area (Å²) in [5.41, 5.74) is 1.77. The monoisotopic (exact) mass is 526 g/mol. The van der Waals surface area contributed by atoms with Gasteiger partial charge in [0.25, 0.3) is 0 Å². The summed E-state index contributed by atoms with van der Waals surface area (Å²) in [7, 11) is 0. The zero-order valence-electron chi connectivity index (χ0n) is 25.7. The van der Waals surface area contributed by atoms with Gasteiger partial charge in [-0.1, -0.05) is 72.1 Å². The molecule has 0 aromatic carbocycles. The van der Waals surface area contributed by atoms with Gasteiger partial charge in [-0.2, -0.15) is 0 Å². The average Bonchev–Trinajstić information content (AvgIpc) is 3.23. The van der Waals surface area contributed by atoms with Crippen molar-refractivity contribution >= 4 is 0 Å². The summed E-state index contributed by atoms with van der Waals surface area (Å²) in [4.78, 5) is 0. The molecule has 0 saturated heterocycles. The SMILES string of the molecule is CC[C@H]1OC(OC2CC[C@@]3(C)C(=CCC4C3CC[C@@]3(C)C4CC[C@@H]3[C@@](C)(O)CCCC(C)C)C2)C=C[C@@H]1C. The molecule has 0 spiro atoms. The van der Waals surface area contributed by atoms with Crippen molar-refractivity contribution in [3.8, 4) is 0 Å². The predicted octanol–water partition coefficient (Wildman–Crippen LogP) is 8.86. The topological polar surface area (TPSA) is 38.7 Å². The van der Waals surface area contributed by atoms with Gasteiger partial charge in [-0.05, 0) is 118 Å². The number of hydrogen-bond donors (Lipinski definition) is 1. The molecule has 1 heterocycles. The molecule has 0 radical (unpaired) electrons. The van der Waals surface area contributed by atoms with Gasteiger partial charge in [0.1, 0.15) is 0 Å². The lowest BCUT2D eigenvalue weighted by atomic mass is 9.46. The van der Waals surface area contributed by atoms with Gasteiger partial charge in [0.05, 0.1) is 17.8 Å². The number of ether oxygens (including phenoxy) is 2. The molecule has 0 bridgehead atoms. The summed E-state index contributed by atoms with van der Waals surface area (Å²) in [5.74, 6) is 3.99. The molecule has 3 nitrogen and oxygen atoms in total. The van der Waals surface area contributed by atoms with Crippen LogP contribution in [0, 0.1) is 46.3 Å². The van der Waals surface area contributed by atoms with Crippen LogP contribution in [0.4, 0.5) is 0 Å². The Morgan fingerprint density at radius 1 is 1.11 bits per heavy atom. The Labute approximate surface area is 234 Å². The molecule has 1 N–H and O–H groups in total. The van der Waals surface area contributed by atoms with Crippen molar-refractivity contribution in [2.75, 3.05) is 0 Å². The maximum atomic E-state index is 11.7. The number of rotatable bonds is 8. The van der Waals surface area contributed by atoms with Gasteiger partial charge >= 0.3 is 0 Å². The summed E-state index contributed by atoms with van der Waals surface area (Å²) in [6.45, 7) is 16.4. The number of hydrogen-bond acceptors (Lipinski definition) is 3. The lowest BCUT2D eigenvalue weighted by Gasteiger charge is -2.59. The van der Waals surface area contributed by atoms with Crippen molar-refractivity contribution in [3.05, 3.63) is 23.8 Å². The minimum atomic E-state index is -0.523. The molecule has 3 saturated carbocycles. The van der Waals surface area contributed by atoms with Gasteiger partial charge in [0, 0.05) is 5.92 Å². The van der Waals surface area contributed by atoms with E-state index in [1.165, 1.54) is 44.9 Å². The smallest absolute Gasteiger partial charge is 0.177 e. The Morgan fingerprint density at radius 2 is 1.89 bits per heavy atom. The second-order valence-corrected chi connectivity index (χ2v) is 15.3.